The third-order valence-corrected chi connectivity index (χ3v) is 4.84. The predicted octanol–water partition coefficient (Wildman–Crippen LogP) is 1.99. The molecular weight excluding hydrogens is 224 g/mol. The lowest BCUT2D eigenvalue weighted by molar-refractivity contribution is 0.122. The SMILES string of the molecule is CCCC1CCCN(CC(N)(CO)C2CC2)CC1. The molecule has 2 atom stereocenters. The van der Waals surface area contributed by atoms with Gasteiger partial charge in [-0.3, -0.25) is 0 Å². The van der Waals surface area contributed by atoms with Gasteiger partial charge in [0, 0.05) is 6.54 Å². The fourth-order valence-electron chi connectivity index (χ4n) is 3.46. The number of rotatable bonds is 6. The minimum absolute atomic E-state index is 0.145. The molecule has 2 unspecified atom stereocenters. The molecule has 0 amide bonds. The highest BCUT2D eigenvalue weighted by Gasteiger charge is 2.42. The van der Waals surface area contributed by atoms with Crippen LogP contribution in [0.2, 0.25) is 0 Å². The first-order chi connectivity index (χ1) is 8.68. The third kappa shape index (κ3) is 3.69. The molecule has 0 aromatic heterocycles. The molecule has 2 fully saturated rings. The Morgan fingerprint density at radius 1 is 1.22 bits per heavy atom. The van der Waals surface area contributed by atoms with Gasteiger partial charge in [-0.15, -0.1) is 0 Å². The molecule has 0 aromatic carbocycles. The van der Waals surface area contributed by atoms with E-state index in [9.17, 15) is 5.11 Å². The first-order valence-electron chi connectivity index (χ1n) is 7.80. The summed E-state index contributed by atoms with van der Waals surface area (Å²) < 4.78 is 0. The van der Waals surface area contributed by atoms with E-state index in [-0.39, 0.29) is 12.1 Å². The molecule has 1 aliphatic carbocycles. The lowest BCUT2D eigenvalue weighted by atomic mass is 9.94. The number of hydrogen-bond acceptors (Lipinski definition) is 3. The van der Waals surface area contributed by atoms with E-state index in [2.05, 4.69) is 11.8 Å². The van der Waals surface area contributed by atoms with Gasteiger partial charge in [-0.25, -0.2) is 0 Å². The molecule has 1 saturated heterocycles. The third-order valence-electron chi connectivity index (χ3n) is 4.84. The zero-order valence-corrected chi connectivity index (χ0v) is 11.9. The Labute approximate surface area is 112 Å². The highest BCUT2D eigenvalue weighted by molar-refractivity contribution is 5.00. The molecule has 0 aromatic rings. The number of nitrogens with two attached hydrogens (primary N) is 1. The quantitative estimate of drug-likeness (QED) is 0.762. The molecule has 3 N–H and O–H groups in total. The van der Waals surface area contributed by atoms with Gasteiger partial charge in [0.25, 0.3) is 0 Å². The topological polar surface area (TPSA) is 49.5 Å². The minimum atomic E-state index is -0.329. The van der Waals surface area contributed by atoms with Gasteiger partial charge in [0.05, 0.1) is 12.1 Å². The van der Waals surface area contributed by atoms with Crippen molar-refractivity contribution < 1.29 is 5.11 Å². The van der Waals surface area contributed by atoms with Crippen LogP contribution in [0.1, 0.15) is 51.9 Å². The number of hydrogen-bond donors (Lipinski definition) is 2. The summed E-state index contributed by atoms with van der Waals surface area (Å²) in [5, 5.41) is 9.58. The Hall–Kier alpha value is -0.120. The smallest absolute Gasteiger partial charge is 0.0626 e. The summed E-state index contributed by atoms with van der Waals surface area (Å²) in [6.45, 7) is 5.67. The molecule has 106 valence electrons. The molecule has 0 bridgehead atoms. The molecular formula is C15H30N2O. The summed E-state index contributed by atoms with van der Waals surface area (Å²) >= 11 is 0. The van der Waals surface area contributed by atoms with E-state index in [0.29, 0.717) is 5.92 Å². The van der Waals surface area contributed by atoms with Crippen LogP contribution in [-0.4, -0.2) is 41.8 Å². The van der Waals surface area contributed by atoms with Gasteiger partial charge in [-0.2, -0.15) is 0 Å². The van der Waals surface area contributed by atoms with Crippen molar-refractivity contribution >= 4 is 0 Å². The van der Waals surface area contributed by atoms with E-state index in [1.807, 2.05) is 0 Å². The van der Waals surface area contributed by atoms with Crippen LogP contribution in [0.3, 0.4) is 0 Å². The Morgan fingerprint density at radius 2 is 2.00 bits per heavy atom. The van der Waals surface area contributed by atoms with Gasteiger partial charge in [0.15, 0.2) is 0 Å². The Bertz CT molecular complexity index is 255. The molecule has 2 rings (SSSR count). The molecule has 3 heteroatoms. The average Bonchev–Trinajstić information content (AvgIpc) is 3.18. The van der Waals surface area contributed by atoms with E-state index in [4.69, 9.17) is 5.73 Å². The van der Waals surface area contributed by atoms with Crippen molar-refractivity contribution in [3.63, 3.8) is 0 Å². The lowest BCUT2D eigenvalue weighted by Crippen LogP contribution is -2.55. The van der Waals surface area contributed by atoms with Crippen LogP contribution in [0.4, 0.5) is 0 Å². The van der Waals surface area contributed by atoms with Crippen LogP contribution in [0, 0.1) is 11.8 Å². The van der Waals surface area contributed by atoms with Crippen molar-refractivity contribution in [1.29, 1.82) is 0 Å². The van der Waals surface area contributed by atoms with Crippen molar-refractivity contribution in [2.75, 3.05) is 26.2 Å². The fraction of sp³-hybridized carbons (Fsp3) is 1.00. The van der Waals surface area contributed by atoms with Crippen molar-refractivity contribution in [1.82, 2.24) is 4.90 Å². The van der Waals surface area contributed by atoms with Crippen LogP contribution in [0.5, 0.6) is 0 Å². The van der Waals surface area contributed by atoms with Gasteiger partial charge in [-0.1, -0.05) is 19.8 Å². The highest BCUT2D eigenvalue weighted by atomic mass is 16.3. The molecule has 2 aliphatic rings. The molecule has 1 saturated carbocycles. The van der Waals surface area contributed by atoms with E-state index in [1.165, 1.54) is 58.0 Å². The second-order valence-electron chi connectivity index (χ2n) is 6.53. The number of likely N-dealkylation sites (tertiary alicyclic amines) is 1. The maximum atomic E-state index is 9.58. The Balaban J connectivity index is 1.82. The van der Waals surface area contributed by atoms with Crippen molar-refractivity contribution in [3.05, 3.63) is 0 Å². The molecule has 3 nitrogen and oxygen atoms in total. The molecule has 1 aliphatic heterocycles. The monoisotopic (exact) mass is 254 g/mol. The van der Waals surface area contributed by atoms with Crippen LogP contribution in [0.15, 0.2) is 0 Å². The number of aliphatic hydroxyl groups excluding tert-OH is 1. The maximum absolute atomic E-state index is 9.58. The van der Waals surface area contributed by atoms with Gasteiger partial charge in [0.1, 0.15) is 0 Å². The highest BCUT2D eigenvalue weighted by Crippen LogP contribution is 2.38. The van der Waals surface area contributed by atoms with Crippen molar-refractivity contribution in [3.8, 4) is 0 Å². The van der Waals surface area contributed by atoms with Crippen LogP contribution in [-0.2, 0) is 0 Å². The van der Waals surface area contributed by atoms with Gasteiger partial charge in [-0.05, 0) is 57.0 Å². The van der Waals surface area contributed by atoms with Gasteiger partial charge < -0.3 is 15.7 Å². The summed E-state index contributed by atoms with van der Waals surface area (Å²) in [6.07, 6.45) is 9.11. The average molecular weight is 254 g/mol. The van der Waals surface area contributed by atoms with E-state index in [0.717, 1.165) is 12.5 Å². The second kappa shape index (κ2) is 6.36. The minimum Gasteiger partial charge on any atom is -0.394 e. The summed E-state index contributed by atoms with van der Waals surface area (Å²) in [5.74, 6) is 1.49. The second-order valence-corrected chi connectivity index (χ2v) is 6.53. The Kier molecular flexibility index (Phi) is 5.05. The summed E-state index contributed by atoms with van der Waals surface area (Å²) in [6, 6.07) is 0. The van der Waals surface area contributed by atoms with Crippen molar-refractivity contribution in [2.24, 2.45) is 17.6 Å². The molecule has 1 heterocycles. The zero-order valence-electron chi connectivity index (χ0n) is 11.9. The maximum Gasteiger partial charge on any atom is 0.0626 e. The van der Waals surface area contributed by atoms with E-state index >= 15 is 0 Å². The lowest BCUT2D eigenvalue weighted by Gasteiger charge is -2.33. The normalized spacial score (nSPS) is 29.8. The van der Waals surface area contributed by atoms with Crippen LogP contribution < -0.4 is 5.73 Å². The van der Waals surface area contributed by atoms with E-state index in [1.54, 1.807) is 0 Å². The van der Waals surface area contributed by atoms with Crippen LogP contribution in [0.25, 0.3) is 0 Å². The standard InChI is InChI=1S/C15H30N2O/c1-2-4-13-5-3-9-17(10-8-13)11-15(16,12-18)14-6-7-14/h13-14,18H,2-12,16H2,1H3. The number of nitrogens with zero attached hydrogens (tertiary/aromatic N) is 1. The summed E-state index contributed by atoms with van der Waals surface area (Å²) in [5.41, 5.74) is 6.06. The summed E-state index contributed by atoms with van der Waals surface area (Å²) in [4.78, 5) is 2.50. The van der Waals surface area contributed by atoms with Crippen molar-refractivity contribution in [2.45, 2.75) is 57.4 Å². The number of aliphatic hydroxyl groups is 1. The Morgan fingerprint density at radius 3 is 2.61 bits per heavy atom. The first-order valence-corrected chi connectivity index (χ1v) is 7.80. The largest absolute Gasteiger partial charge is 0.394 e. The molecule has 18 heavy (non-hydrogen) atoms. The van der Waals surface area contributed by atoms with Crippen LogP contribution >= 0.6 is 0 Å². The predicted molar refractivity (Wildman–Crippen MR) is 75.4 cm³/mol. The van der Waals surface area contributed by atoms with Gasteiger partial charge >= 0.3 is 0 Å². The summed E-state index contributed by atoms with van der Waals surface area (Å²) in [7, 11) is 0. The molecule has 0 spiro atoms. The fourth-order valence-corrected chi connectivity index (χ4v) is 3.46. The van der Waals surface area contributed by atoms with Gasteiger partial charge in [0.2, 0.25) is 0 Å². The first kappa shape index (κ1) is 14.3. The van der Waals surface area contributed by atoms with E-state index < -0.39 is 0 Å². The zero-order chi connectivity index (χ0) is 13.0. The molecule has 0 radical (unpaired) electrons.